The van der Waals surface area contributed by atoms with E-state index >= 15 is 0 Å². The van der Waals surface area contributed by atoms with E-state index in [1.807, 2.05) is 109 Å². The van der Waals surface area contributed by atoms with Gasteiger partial charge in [0, 0.05) is 44.5 Å². The lowest BCUT2D eigenvalue weighted by Crippen LogP contribution is -2.47. The van der Waals surface area contributed by atoms with Crippen LogP contribution in [0.3, 0.4) is 0 Å². The van der Waals surface area contributed by atoms with Crippen LogP contribution in [0.25, 0.3) is 0 Å². The van der Waals surface area contributed by atoms with Gasteiger partial charge in [0.1, 0.15) is 0 Å². The van der Waals surface area contributed by atoms with Gasteiger partial charge in [0.15, 0.2) is 0 Å². The first kappa shape index (κ1) is 22.6. The minimum Gasteiger partial charge on any atom is -0.378 e. The third-order valence-electron chi connectivity index (χ3n) is 6.29. The molecule has 1 saturated heterocycles. The van der Waals surface area contributed by atoms with Crippen LogP contribution in [-0.4, -0.2) is 49.9 Å². The SMILES string of the molecule is CN(C)c1ccc(C(=O)N2CCC(NC(=O)C(c3ccccc3)c3ccccc3)CC2)cc1. The van der Waals surface area contributed by atoms with Crippen molar-refractivity contribution < 1.29 is 9.59 Å². The van der Waals surface area contributed by atoms with Crippen molar-refractivity contribution >= 4 is 17.5 Å². The monoisotopic (exact) mass is 441 g/mol. The predicted molar refractivity (Wildman–Crippen MR) is 133 cm³/mol. The summed E-state index contributed by atoms with van der Waals surface area (Å²) in [7, 11) is 3.96. The molecule has 0 spiro atoms. The van der Waals surface area contributed by atoms with Gasteiger partial charge in [0.05, 0.1) is 5.92 Å². The molecule has 0 aliphatic carbocycles. The van der Waals surface area contributed by atoms with Gasteiger partial charge in [0.2, 0.25) is 5.91 Å². The second-order valence-corrected chi connectivity index (χ2v) is 8.77. The summed E-state index contributed by atoms with van der Waals surface area (Å²) in [6.07, 6.45) is 1.51. The zero-order valence-electron chi connectivity index (χ0n) is 19.3. The van der Waals surface area contributed by atoms with Gasteiger partial charge in [0.25, 0.3) is 5.91 Å². The molecule has 0 radical (unpaired) electrons. The van der Waals surface area contributed by atoms with Crippen LogP contribution in [0, 0.1) is 0 Å². The van der Waals surface area contributed by atoms with Crippen molar-refractivity contribution in [3.63, 3.8) is 0 Å². The van der Waals surface area contributed by atoms with Crippen molar-refractivity contribution in [3.8, 4) is 0 Å². The molecule has 0 unspecified atom stereocenters. The molecule has 1 fully saturated rings. The Balaban J connectivity index is 1.38. The van der Waals surface area contributed by atoms with Crippen LogP contribution in [0.2, 0.25) is 0 Å². The molecule has 5 nitrogen and oxygen atoms in total. The Bertz CT molecular complexity index is 1020. The molecule has 170 valence electrons. The Morgan fingerprint density at radius 3 is 1.82 bits per heavy atom. The summed E-state index contributed by atoms with van der Waals surface area (Å²) in [4.78, 5) is 30.2. The molecule has 0 aromatic heterocycles. The highest BCUT2D eigenvalue weighted by atomic mass is 16.2. The van der Waals surface area contributed by atoms with Gasteiger partial charge in [-0.15, -0.1) is 0 Å². The number of carbonyl (C=O) groups is 2. The van der Waals surface area contributed by atoms with Crippen molar-refractivity contribution in [3.05, 3.63) is 102 Å². The molecule has 5 heteroatoms. The number of nitrogens with zero attached hydrogens (tertiary/aromatic N) is 2. The topological polar surface area (TPSA) is 52.7 Å². The molecule has 1 aliphatic heterocycles. The highest BCUT2D eigenvalue weighted by molar-refractivity contribution is 5.94. The van der Waals surface area contributed by atoms with Crippen LogP contribution < -0.4 is 10.2 Å². The van der Waals surface area contributed by atoms with Crippen molar-refractivity contribution in [2.24, 2.45) is 0 Å². The fourth-order valence-electron chi connectivity index (χ4n) is 4.38. The number of likely N-dealkylation sites (tertiary alicyclic amines) is 1. The summed E-state index contributed by atoms with van der Waals surface area (Å²) in [6.45, 7) is 1.28. The average Bonchev–Trinajstić information content (AvgIpc) is 2.85. The van der Waals surface area contributed by atoms with E-state index in [0.29, 0.717) is 18.7 Å². The van der Waals surface area contributed by atoms with Crippen LogP contribution in [0.4, 0.5) is 5.69 Å². The highest BCUT2D eigenvalue weighted by Crippen LogP contribution is 2.26. The molecule has 3 aromatic rings. The largest absolute Gasteiger partial charge is 0.378 e. The number of hydrogen-bond donors (Lipinski definition) is 1. The molecule has 2 amide bonds. The second-order valence-electron chi connectivity index (χ2n) is 8.77. The van der Waals surface area contributed by atoms with E-state index in [2.05, 4.69) is 5.32 Å². The molecular weight excluding hydrogens is 410 g/mol. The van der Waals surface area contributed by atoms with Crippen LogP contribution in [-0.2, 0) is 4.79 Å². The number of nitrogens with one attached hydrogen (secondary N) is 1. The van der Waals surface area contributed by atoms with Crippen molar-refractivity contribution in [2.75, 3.05) is 32.1 Å². The summed E-state index contributed by atoms with van der Waals surface area (Å²) < 4.78 is 0. The Hall–Kier alpha value is -3.60. The van der Waals surface area contributed by atoms with Crippen molar-refractivity contribution in [2.45, 2.75) is 24.8 Å². The maximum absolute atomic E-state index is 13.3. The maximum atomic E-state index is 13.3. The lowest BCUT2D eigenvalue weighted by molar-refractivity contribution is -0.122. The smallest absolute Gasteiger partial charge is 0.253 e. The molecule has 1 aliphatic rings. The van der Waals surface area contributed by atoms with Crippen molar-refractivity contribution in [1.82, 2.24) is 10.2 Å². The van der Waals surface area contributed by atoms with Gasteiger partial charge in [-0.05, 0) is 48.2 Å². The van der Waals surface area contributed by atoms with Crippen molar-refractivity contribution in [1.29, 1.82) is 0 Å². The zero-order valence-corrected chi connectivity index (χ0v) is 19.3. The molecule has 3 aromatic carbocycles. The number of benzene rings is 3. The molecule has 33 heavy (non-hydrogen) atoms. The third-order valence-corrected chi connectivity index (χ3v) is 6.29. The lowest BCUT2D eigenvalue weighted by Gasteiger charge is -2.33. The number of amides is 2. The summed E-state index contributed by atoms with van der Waals surface area (Å²) in [5.74, 6) is -0.282. The first-order chi connectivity index (χ1) is 16.0. The normalized spacial score (nSPS) is 14.2. The van der Waals surface area contributed by atoms with Gasteiger partial charge >= 0.3 is 0 Å². The molecule has 4 rings (SSSR count). The van der Waals surface area contributed by atoms with E-state index in [1.165, 1.54) is 0 Å². The average molecular weight is 442 g/mol. The maximum Gasteiger partial charge on any atom is 0.253 e. The number of carbonyl (C=O) groups excluding carboxylic acids is 2. The quantitative estimate of drug-likeness (QED) is 0.620. The second kappa shape index (κ2) is 10.3. The Morgan fingerprint density at radius 2 is 1.33 bits per heavy atom. The number of hydrogen-bond acceptors (Lipinski definition) is 3. The van der Waals surface area contributed by atoms with E-state index in [4.69, 9.17) is 0 Å². The fourth-order valence-corrected chi connectivity index (χ4v) is 4.38. The van der Waals surface area contributed by atoms with Crippen LogP contribution >= 0.6 is 0 Å². The van der Waals surface area contributed by atoms with E-state index in [0.717, 1.165) is 29.7 Å². The molecule has 0 saturated carbocycles. The van der Waals surface area contributed by atoms with Gasteiger partial charge in [-0.25, -0.2) is 0 Å². The van der Waals surface area contributed by atoms with Gasteiger partial charge in [-0.2, -0.15) is 0 Å². The van der Waals surface area contributed by atoms with Crippen LogP contribution in [0.5, 0.6) is 0 Å². The number of rotatable bonds is 6. The first-order valence-corrected chi connectivity index (χ1v) is 11.5. The van der Waals surface area contributed by atoms with Gasteiger partial charge < -0.3 is 15.1 Å². The van der Waals surface area contributed by atoms with Crippen LogP contribution in [0.15, 0.2) is 84.9 Å². The minimum absolute atomic E-state index is 0.0106. The Kier molecular flexibility index (Phi) is 7.08. The molecule has 1 heterocycles. The molecule has 1 N–H and O–H groups in total. The Labute approximate surface area is 196 Å². The van der Waals surface area contributed by atoms with Gasteiger partial charge in [-0.3, -0.25) is 9.59 Å². The predicted octanol–water partition coefficient (Wildman–Crippen LogP) is 4.31. The standard InChI is InChI=1S/C28H31N3O2/c1-30(2)25-15-13-23(14-16-25)28(33)31-19-17-24(18-20-31)29-27(32)26(21-9-5-3-6-10-21)22-11-7-4-8-12-22/h3-16,24,26H,17-20H2,1-2H3,(H,29,32). The highest BCUT2D eigenvalue weighted by Gasteiger charge is 2.28. The van der Waals surface area contributed by atoms with Gasteiger partial charge in [-0.1, -0.05) is 60.7 Å². The molecular formula is C28H31N3O2. The van der Waals surface area contributed by atoms with E-state index in [-0.39, 0.29) is 23.8 Å². The summed E-state index contributed by atoms with van der Waals surface area (Å²) in [6, 6.07) is 27.6. The number of anilines is 1. The summed E-state index contributed by atoms with van der Waals surface area (Å²) >= 11 is 0. The molecule has 0 atom stereocenters. The van der Waals surface area contributed by atoms with E-state index < -0.39 is 0 Å². The lowest BCUT2D eigenvalue weighted by atomic mass is 9.90. The zero-order chi connectivity index (χ0) is 23.2. The molecule has 0 bridgehead atoms. The third kappa shape index (κ3) is 5.43. The minimum atomic E-state index is -0.345. The van der Waals surface area contributed by atoms with E-state index in [9.17, 15) is 9.59 Å². The summed E-state index contributed by atoms with van der Waals surface area (Å²) in [5.41, 5.74) is 3.74. The Morgan fingerprint density at radius 1 is 0.818 bits per heavy atom. The first-order valence-electron chi connectivity index (χ1n) is 11.5. The fraction of sp³-hybridized carbons (Fsp3) is 0.286. The van der Waals surface area contributed by atoms with E-state index in [1.54, 1.807) is 0 Å². The summed E-state index contributed by atoms with van der Waals surface area (Å²) in [5, 5.41) is 3.25. The number of piperidine rings is 1. The van der Waals surface area contributed by atoms with Crippen LogP contribution in [0.1, 0.15) is 40.2 Å².